The summed E-state index contributed by atoms with van der Waals surface area (Å²) in [4.78, 5) is 10.9. The Labute approximate surface area is 126 Å². The van der Waals surface area contributed by atoms with Crippen LogP contribution < -0.4 is 9.46 Å². The van der Waals surface area contributed by atoms with Crippen molar-refractivity contribution in [2.75, 3.05) is 7.11 Å². The average Bonchev–Trinajstić information content (AvgIpc) is 2.36. The summed E-state index contributed by atoms with van der Waals surface area (Å²) in [5.41, 5.74) is 0. The molecule has 0 spiro atoms. The maximum atomic E-state index is 12.2. The van der Waals surface area contributed by atoms with E-state index in [1.165, 1.54) is 39.2 Å². The van der Waals surface area contributed by atoms with Crippen LogP contribution in [-0.2, 0) is 14.8 Å². The highest BCUT2D eigenvalue weighted by molar-refractivity contribution is 9.10. The molecule has 20 heavy (non-hydrogen) atoms. The minimum Gasteiger partial charge on any atom is -0.496 e. The molecule has 112 valence electrons. The maximum Gasteiger partial charge on any atom is 0.307 e. The molecule has 1 aromatic carbocycles. The van der Waals surface area contributed by atoms with E-state index in [1.54, 1.807) is 0 Å². The van der Waals surface area contributed by atoms with Crippen molar-refractivity contribution in [3.8, 4) is 5.75 Å². The maximum absolute atomic E-state index is 12.2. The Morgan fingerprint density at radius 2 is 2.00 bits per heavy atom. The Kier molecular flexibility index (Phi) is 5.55. The monoisotopic (exact) mass is 365 g/mol. The van der Waals surface area contributed by atoms with Gasteiger partial charge in [-0.2, -0.15) is 0 Å². The van der Waals surface area contributed by atoms with E-state index in [1.807, 2.05) is 0 Å². The molecule has 8 heteroatoms. The molecule has 1 aromatic rings. The number of carboxylic acids is 1. The van der Waals surface area contributed by atoms with Gasteiger partial charge in [0.25, 0.3) is 0 Å². The second-order valence-electron chi connectivity index (χ2n) is 4.33. The van der Waals surface area contributed by atoms with Crippen molar-refractivity contribution >= 4 is 31.9 Å². The number of nitrogens with one attached hydrogen (secondary N) is 1. The van der Waals surface area contributed by atoms with Gasteiger partial charge in [-0.1, -0.05) is 6.92 Å². The second-order valence-corrected chi connectivity index (χ2v) is 6.90. The van der Waals surface area contributed by atoms with Gasteiger partial charge in [0.15, 0.2) is 0 Å². The molecule has 2 N–H and O–H groups in total. The molecule has 0 fully saturated rings. The van der Waals surface area contributed by atoms with Crippen LogP contribution in [0.15, 0.2) is 27.6 Å². The van der Waals surface area contributed by atoms with Gasteiger partial charge in [0.2, 0.25) is 10.0 Å². The Hall–Kier alpha value is -1.12. The highest BCUT2D eigenvalue weighted by Gasteiger charge is 2.25. The molecule has 2 atom stereocenters. The van der Waals surface area contributed by atoms with E-state index in [0.29, 0.717) is 10.2 Å². The molecule has 0 aliphatic heterocycles. The summed E-state index contributed by atoms with van der Waals surface area (Å²) in [6.07, 6.45) is 0. The largest absolute Gasteiger partial charge is 0.496 e. The molecular weight excluding hydrogens is 350 g/mol. The van der Waals surface area contributed by atoms with Crippen LogP contribution in [0.1, 0.15) is 13.8 Å². The third-order valence-electron chi connectivity index (χ3n) is 2.91. The smallest absolute Gasteiger partial charge is 0.307 e. The predicted molar refractivity (Wildman–Crippen MR) is 77.3 cm³/mol. The molecule has 1 rings (SSSR count). The van der Waals surface area contributed by atoms with E-state index in [9.17, 15) is 13.2 Å². The summed E-state index contributed by atoms with van der Waals surface area (Å²) in [5, 5.41) is 8.87. The third kappa shape index (κ3) is 3.94. The van der Waals surface area contributed by atoms with E-state index < -0.39 is 28.0 Å². The summed E-state index contributed by atoms with van der Waals surface area (Å²) in [7, 11) is -2.31. The van der Waals surface area contributed by atoms with Gasteiger partial charge in [-0.25, -0.2) is 13.1 Å². The average molecular weight is 366 g/mol. The Morgan fingerprint density at radius 1 is 1.40 bits per heavy atom. The number of rotatable bonds is 6. The number of carboxylic acid groups (broad SMARTS) is 1. The quantitative estimate of drug-likeness (QED) is 0.802. The number of carbonyl (C=O) groups is 1. The highest BCUT2D eigenvalue weighted by Crippen LogP contribution is 2.27. The first-order chi connectivity index (χ1) is 9.19. The lowest BCUT2D eigenvalue weighted by atomic mass is 10.1. The fourth-order valence-electron chi connectivity index (χ4n) is 1.44. The van der Waals surface area contributed by atoms with Crippen molar-refractivity contribution in [1.82, 2.24) is 4.72 Å². The van der Waals surface area contributed by atoms with Crippen LogP contribution in [0.3, 0.4) is 0 Å². The van der Waals surface area contributed by atoms with Gasteiger partial charge in [0.1, 0.15) is 5.75 Å². The molecule has 0 aliphatic carbocycles. The van der Waals surface area contributed by atoms with E-state index in [4.69, 9.17) is 9.84 Å². The van der Waals surface area contributed by atoms with Gasteiger partial charge in [-0.3, -0.25) is 4.79 Å². The van der Waals surface area contributed by atoms with E-state index in [0.717, 1.165) is 0 Å². The first-order valence-corrected chi connectivity index (χ1v) is 8.05. The number of methoxy groups -OCH3 is 1. The van der Waals surface area contributed by atoms with Gasteiger partial charge in [0.05, 0.1) is 22.4 Å². The van der Waals surface area contributed by atoms with Crippen LogP contribution in [0.25, 0.3) is 0 Å². The number of halogens is 1. The first-order valence-electron chi connectivity index (χ1n) is 5.77. The Bertz CT molecular complexity index is 602. The number of aliphatic carboxylic acids is 1. The fraction of sp³-hybridized carbons (Fsp3) is 0.417. The minimum atomic E-state index is -3.78. The van der Waals surface area contributed by atoms with Gasteiger partial charge in [-0.15, -0.1) is 0 Å². The van der Waals surface area contributed by atoms with Gasteiger partial charge in [0, 0.05) is 6.04 Å². The molecule has 2 unspecified atom stereocenters. The number of hydrogen-bond donors (Lipinski definition) is 2. The van der Waals surface area contributed by atoms with Gasteiger partial charge >= 0.3 is 5.97 Å². The van der Waals surface area contributed by atoms with Crippen molar-refractivity contribution in [1.29, 1.82) is 0 Å². The minimum absolute atomic E-state index is 0.0367. The lowest BCUT2D eigenvalue weighted by Crippen LogP contribution is -2.39. The molecule has 0 radical (unpaired) electrons. The molecule has 0 saturated heterocycles. The molecule has 0 aliphatic rings. The molecule has 0 heterocycles. The van der Waals surface area contributed by atoms with Gasteiger partial charge in [-0.05, 0) is 41.1 Å². The zero-order valence-corrected chi connectivity index (χ0v) is 13.7. The number of ether oxygens (including phenoxy) is 1. The molecule has 0 aromatic heterocycles. The molecule has 6 nitrogen and oxygen atoms in total. The van der Waals surface area contributed by atoms with Gasteiger partial charge < -0.3 is 9.84 Å². The summed E-state index contributed by atoms with van der Waals surface area (Å²) >= 11 is 3.21. The Morgan fingerprint density at radius 3 is 2.45 bits per heavy atom. The standard InChI is InChI=1S/C12H16BrNO5S/c1-7(12(15)16)8(2)14-20(17,18)9-4-5-11(19-3)10(13)6-9/h4-8,14H,1-3H3,(H,15,16). The third-order valence-corrected chi connectivity index (χ3v) is 5.09. The van der Waals surface area contributed by atoms with E-state index in [2.05, 4.69) is 20.7 Å². The zero-order valence-electron chi connectivity index (χ0n) is 11.3. The highest BCUT2D eigenvalue weighted by atomic mass is 79.9. The second kappa shape index (κ2) is 6.55. The first kappa shape index (κ1) is 16.9. The molecule has 0 bridgehead atoms. The summed E-state index contributed by atoms with van der Waals surface area (Å²) in [6, 6.07) is 3.59. The normalized spacial score (nSPS) is 14.6. The van der Waals surface area contributed by atoms with E-state index in [-0.39, 0.29) is 4.90 Å². The number of hydrogen-bond acceptors (Lipinski definition) is 4. The molecular formula is C12H16BrNO5S. The lowest BCUT2D eigenvalue weighted by Gasteiger charge is -2.18. The SMILES string of the molecule is COc1ccc(S(=O)(=O)NC(C)C(C)C(=O)O)cc1Br. The van der Waals surface area contributed by atoms with Crippen LogP contribution in [0, 0.1) is 5.92 Å². The topological polar surface area (TPSA) is 92.7 Å². The van der Waals surface area contributed by atoms with Crippen LogP contribution >= 0.6 is 15.9 Å². The van der Waals surface area contributed by atoms with Crippen LogP contribution in [0.2, 0.25) is 0 Å². The van der Waals surface area contributed by atoms with Crippen molar-refractivity contribution in [3.63, 3.8) is 0 Å². The fourth-order valence-corrected chi connectivity index (χ4v) is 3.49. The zero-order chi connectivity index (χ0) is 15.5. The predicted octanol–water partition coefficient (Wildman–Crippen LogP) is 1.85. The number of benzene rings is 1. The van der Waals surface area contributed by atoms with Crippen LogP contribution in [-0.4, -0.2) is 32.6 Å². The van der Waals surface area contributed by atoms with Crippen LogP contribution in [0.4, 0.5) is 0 Å². The summed E-state index contributed by atoms with van der Waals surface area (Å²) in [6.45, 7) is 2.95. The van der Waals surface area contributed by atoms with E-state index >= 15 is 0 Å². The Balaban J connectivity index is 3.00. The summed E-state index contributed by atoms with van der Waals surface area (Å²) in [5.74, 6) is -1.38. The molecule has 0 amide bonds. The van der Waals surface area contributed by atoms with Crippen LogP contribution in [0.5, 0.6) is 5.75 Å². The van der Waals surface area contributed by atoms with Crippen molar-refractivity contribution in [2.24, 2.45) is 5.92 Å². The number of sulfonamides is 1. The molecule has 0 saturated carbocycles. The van der Waals surface area contributed by atoms with Crippen molar-refractivity contribution < 1.29 is 23.1 Å². The summed E-state index contributed by atoms with van der Waals surface area (Å²) < 4.78 is 32.2. The lowest BCUT2D eigenvalue weighted by molar-refractivity contribution is -0.141. The van der Waals surface area contributed by atoms with Crippen molar-refractivity contribution in [2.45, 2.75) is 24.8 Å². The van der Waals surface area contributed by atoms with Crippen molar-refractivity contribution in [3.05, 3.63) is 22.7 Å².